The lowest BCUT2D eigenvalue weighted by Gasteiger charge is -2.43. The molecule has 1 saturated carbocycles. The largest absolute Gasteiger partial charge is 0.496 e. The second-order valence-corrected chi connectivity index (χ2v) is 8.70. The first-order chi connectivity index (χ1) is 15.3. The number of methoxy groups -OCH3 is 2. The van der Waals surface area contributed by atoms with Gasteiger partial charge in [-0.3, -0.25) is 9.69 Å². The Morgan fingerprint density at radius 1 is 1.00 bits per heavy atom. The zero-order chi connectivity index (χ0) is 23.0. The van der Waals surface area contributed by atoms with E-state index in [0.29, 0.717) is 19.4 Å². The quantitative estimate of drug-likeness (QED) is 0.749. The summed E-state index contributed by atoms with van der Waals surface area (Å²) in [5, 5.41) is 0. The molecule has 0 spiro atoms. The van der Waals surface area contributed by atoms with Gasteiger partial charge in [-0.05, 0) is 68.9 Å². The second kappa shape index (κ2) is 8.73. The molecule has 170 valence electrons. The van der Waals surface area contributed by atoms with E-state index in [2.05, 4.69) is 0 Å². The SMILES string of the molecule is COc1cc(N2C(=O)N(C3CCC(C(N)=O)CC3)Cc3c2ccc(OC)c3C)ccc1C. The summed E-state index contributed by atoms with van der Waals surface area (Å²) in [6.45, 7) is 4.53. The fourth-order valence-electron chi connectivity index (χ4n) is 4.98. The molecular formula is C25H31N3O4. The molecule has 1 aliphatic heterocycles. The van der Waals surface area contributed by atoms with Crippen LogP contribution in [0, 0.1) is 19.8 Å². The van der Waals surface area contributed by atoms with Gasteiger partial charge >= 0.3 is 6.03 Å². The topological polar surface area (TPSA) is 85.1 Å². The van der Waals surface area contributed by atoms with Crippen molar-refractivity contribution in [1.29, 1.82) is 0 Å². The Hall–Kier alpha value is -3.22. The molecule has 7 nitrogen and oxygen atoms in total. The normalized spacial score (nSPS) is 20.7. The highest BCUT2D eigenvalue weighted by molar-refractivity contribution is 6.02. The van der Waals surface area contributed by atoms with Crippen LogP contribution < -0.4 is 20.1 Å². The molecule has 3 amide bonds. The lowest BCUT2D eigenvalue weighted by atomic mass is 9.84. The highest BCUT2D eigenvalue weighted by atomic mass is 16.5. The molecule has 32 heavy (non-hydrogen) atoms. The van der Waals surface area contributed by atoms with Crippen LogP contribution >= 0.6 is 0 Å². The number of primary amides is 1. The van der Waals surface area contributed by atoms with Crippen LogP contribution in [0.15, 0.2) is 30.3 Å². The maximum absolute atomic E-state index is 13.8. The molecule has 7 heteroatoms. The molecule has 2 aliphatic rings. The summed E-state index contributed by atoms with van der Waals surface area (Å²) >= 11 is 0. The molecule has 2 N–H and O–H groups in total. The maximum atomic E-state index is 13.8. The Bertz CT molecular complexity index is 1040. The van der Waals surface area contributed by atoms with Crippen molar-refractivity contribution in [3.8, 4) is 11.5 Å². The van der Waals surface area contributed by atoms with E-state index in [-0.39, 0.29) is 23.9 Å². The summed E-state index contributed by atoms with van der Waals surface area (Å²) in [7, 11) is 3.30. The third-order valence-corrected chi connectivity index (χ3v) is 6.94. The zero-order valence-electron chi connectivity index (χ0n) is 19.2. The molecule has 2 aromatic carbocycles. The van der Waals surface area contributed by atoms with Gasteiger partial charge in [-0.2, -0.15) is 0 Å². The van der Waals surface area contributed by atoms with Gasteiger partial charge < -0.3 is 20.1 Å². The Kier molecular flexibility index (Phi) is 6.00. The fourth-order valence-corrected chi connectivity index (χ4v) is 4.98. The molecule has 0 radical (unpaired) electrons. The number of aryl methyl sites for hydroxylation is 1. The molecule has 1 heterocycles. The van der Waals surface area contributed by atoms with Crippen molar-refractivity contribution in [2.24, 2.45) is 11.7 Å². The lowest BCUT2D eigenvalue weighted by Crippen LogP contribution is -2.51. The first-order valence-electron chi connectivity index (χ1n) is 11.1. The molecule has 0 bridgehead atoms. The third-order valence-electron chi connectivity index (χ3n) is 6.94. The summed E-state index contributed by atoms with van der Waals surface area (Å²) in [5.74, 6) is 1.20. The molecule has 2 aromatic rings. The monoisotopic (exact) mass is 437 g/mol. The van der Waals surface area contributed by atoms with Gasteiger partial charge in [0.1, 0.15) is 11.5 Å². The smallest absolute Gasteiger partial charge is 0.329 e. The Morgan fingerprint density at radius 2 is 1.69 bits per heavy atom. The third kappa shape index (κ3) is 3.76. The second-order valence-electron chi connectivity index (χ2n) is 8.70. The molecule has 0 saturated heterocycles. The number of rotatable bonds is 5. The van der Waals surface area contributed by atoms with Crippen LogP contribution in [0.2, 0.25) is 0 Å². The average molecular weight is 438 g/mol. The van der Waals surface area contributed by atoms with Gasteiger partial charge in [0.15, 0.2) is 0 Å². The van der Waals surface area contributed by atoms with Gasteiger partial charge in [0.2, 0.25) is 5.91 Å². The van der Waals surface area contributed by atoms with Crippen LogP contribution in [0.3, 0.4) is 0 Å². The molecule has 0 unspecified atom stereocenters. The van der Waals surface area contributed by atoms with Crippen molar-refractivity contribution in [1.82, 2.24) is 4.90 Å². The number of benzene rings is 2. The summed E-state index contributed by atoms with van der Waals surface area (Å²) in [5.41, 5.74) is 10.2. The number of amides is 3. The predicted molar refractivity (Wildman–Crippen MR) is 123 cm³/mol. The van der Waals surface area contributed by atoms with Gasteiger partial charge in [0, 0.05) is 23.6 Å². The van der Waals surface area contributed by atoms with E-state index in [1.807, 2.05) is 49.1 Å². The Balaban J connectivity index is 1.76. The Morgan fingerprint density at radius 3 is 2.31 bits per heavy atom. The molecule has 0 aromatic heterocycles. The highest BCUT2D eigenvalue weighted by Crippen LogP contribution is 2.42. The number of fused-ring (bicyclic) bond motifs is 1. The van der Waals surface area contributed by atoms with Crippen LogP contribution in [-0.2, 0) is 11.3 Å². The van der Waals surface area contributed by atoms with Gasteiger partial charge in [-0.1, -0.05) is 6.07 Å². The number of hydrogen-bond donors (Lipinski definition) is 1. The van der Waals surface area contributed by atoms with E-state index in [1.54, 1.807) is 19.1 Å². The first kappa shape index (κ1) is 22.0. The van der Waals surface area contributed by atoms with Crippen molar-refractivity contribution in [3.63, 3.8) is 0 Å². The van der Waals surface area contributed by atoms with Gasteiger partial charge in [0.25, 0.3) is 0 Å². The predicted octanol–water partition coefficient (Wildman–Crippen LogP) is 4.44. The van der Waals surface area contributed by atoms with Crippen LogP contribution in [0.1, 0.15) is 42.4 Å². The van der Waals surface area contributed by atoms with Gasteiger partial charge in [0.05, 0.1) is 32.1 Å². The number of anilines is 2. The first-order valence-corrected chi connectivity index (χ1v) is 11.1. The van der Waals surface area contributed by atoms with Gasteiger partial charge in [-0.15, -0.1) is 0 Å². The minimum atomic E-state index is -0.243. The fraction of sp³-hybridized carbons (Fsp3) is 0.440. The minimum Gasteiger partial charge on any atom is -0.496 e. The van der Waals surface area contributed by atoms with Gasteiger partial charge in [-0.25, -0.2) is 4.79 Å². The van der Waals surface area contributed by atoms with Crippen molar-refractivity contribution in [2.45, 2.75) is 52.1 Å². The maximum Gasteiger partial charge on any atom is 0.329 e. The van der Waals surface area contributed by atoms with Crippen molar-refractivity contribution < 1.29 is 19.1 Å². The number of ether oxygens (including phenoxy) is 2. The number of nitrogens with zero attached hydrogens (tertiary/aromatic N) is 2. The van der Waals surface area contributed by atoms with Crippen molar-refractivity contribution >= 4 is 23.3 Å². The van der Waals surface area contributed by atoms with Crippen molar-refractivity contribution in [3.05, 3.63) is 47.0 Å². The van der Waals surface area contributed by atoms with E-state index in [0.717, 1.165) is 52.4 Å². The van der Waals surface area contributed by atoms with Crippen molar-refractivity contribution in [2.75, 3.05) is 19.1 Å². The summed E-state index contributed by atoms with van der Waals surface area (Å²) in [6.07, 6.45) is 2.96. The summed E-state index contributed by atoms with van der Waals surface area (Å²) in [4.78, 5) is 29.2. The number of urea groups is 1. The minimum absolute atomic E-state index is 0.0597. The van der Waals surface area contributed by atoms with E-state index in [4.69, 9.17) is 15.2 Å². The number of carbonyl (C=O) groups is 2. The molecule has 4 rings (SSSR count). The average Bonchev–Trinajstić information content (AvgIpc) is 2.80. The summed E-state index contributed by atoms with van der Waals surface area (Å²) in [6, 6.07) is 9.69. The number of nitrogens with two attached hydrogens (primary N) is 1. The standard InChI is InChI=1S/C25H31N3O4/c1-15-5-8-19(13-23(15)32-4)28-21-11-12-22(31-3)16(2)20(21)14-27(25(28)30)18-9-6-17(7-10-18)24(26)29/h5,8,11-13,17-18H,6-7,9-10,14H2,1-4H3,(H2,26,29). The highest BCUT2D eigenvalue weighted by Gasteiger charge is 2.38. The Labute approximate surface area is 189 Å². The van der Waals surface area contributed by atoms with Crippen LogP contribution in [0.25, 0.3) is 0 Å². The number of carbonyl (C=O) groups excluding carboxylic acids is 2. The van der Waals surface area contributed by atoms with E-state index in [9.17, 15) is 9.59 Å². The van der Waals surface area contributed by atoms with E-state index < -0.39 is 0 Å². The molecular weight excluding hydrogens is 406 g/mol. The molecule has 1 fully saturated rings. The molecule has 0 atom stereocenters. The molecule has 1 aliphatic carbocycles. The van der Waals surface area contributed by atoms with E-state index >= 15 is 0 Å². The van der Waals surface area contributed by atoms with Crippen LogP contribution in [0.5, 0.6) is 11.5 Å². The zero-order valence-corrected chi connectivity index (χ0v) is 19.2. The van der Waals surface area contributed by atoms with Crippen LogP contribution in [0.4, 0.5) is 16.2 Å². The summed E-state index contributed by atoms with van der Waals surface area (Å²) < 4.78 is 11.1. The van der Waals surface area contributed by atoms with E-state index in [1.165, 1.54) is 0 Å². The number of hydrogen-bond acceptors (Lipinski definition) is 4. The lowest BCUT2D eigenvalue weighted by molar-refractivity contribution is -0.123. The van der Waals surface area contributed by atoms with Crippen LogP contribution in [-0.4, -0.2) is 37.1 Å².